The van der Waals surface area contributed by atoms with Gasteiger partial charge in [-0.15, -0.1) is 0 Å². The summed E-state index contributed by atoms with van der Waals surface area (Å²) in [6.07, 6.45) is 2.40. The summed E-state index contributed by atoms with van der Waals surface area (Å²) in [5.74, 6) is 0. The van der Waals surface area contributed by atoms with E-state index in [1.54, 1.807) is 0 Å². The molecule has 1 aliphatic heterocycles. The second kappa shape index (κ2) is 6.35. The van der Waals surface area contributed by atoms with Crippen molar-refractivity contribution in [3.8, 4) is 0 Å². The van der Waals surface area contributed by atoms with Crippen LogP contribution in [0.15, 0.2) is 24.3 Å². The molecule has 2 heteroatoms. The Morgan fingerprint density at radius 3 is 2.67 bits per heavy atom. The Labute approximate surface area is 111 Å². The van der Waals surface area contributed by atoms with Crippen LogP contribution in [0.25, 0.3) is 0 Å². The lowest BCUT2D eigenvalue weighted by Crippen LogP contribution is -2.47. The quantitative estimate of drug-likeness (QED) is 0.859. The molecule has 0 fully saturated rings. The molecule has 100 valence electrons. The first-order valence-corrected chi connectivity index (χ1v) is 7.28. The summed E-state index contributed by atoms with van der Waals surface area (Å²) >= 11 is 0. The van der Waals surface area contributed by atoms with E-state index >= 15 is 0 Å². The van der Waals surface area contributed by atoms with Gasteiger partial charge in [-0.2, -0.15) is 0 Å². The Bertz CT molecular complexity index is 375. The minimum Gasteiger partial charge on any atom is -0.308 e. The molecule has 1 N–H and O–H groups in total. The van der Waals surface area contributed by atoms with Gasteiger partial charge in [0.15, 0.2) is 0 Å². The van der Waals surface area contributed by atoms with Crippen molar-refractivity contribution in [3.63, 3.8) is 0 Å². The van der Waals surface area contributed by atoms with Crippen molar-refractivity contribution >= 4 is 0 Å². The first-order chi connectivity index (χ1) is 8.74. The topological polar surface area (TPSA) is 15.3 Å². The lowest BCUT2D eigenvalue weighted by molar-refractivity contribution is 0.187. The maximum absolute atomic E-state index is 3.68. The van der Waals surface area contributed by atoms with E-state index in [1.165, 1.54) is 30.5 Å². The highest BCUT2D eigenvalue weighted by Crippen LogP contribution is 2.17. The molecule has 0 saturated heterocycles. The van der Waals surface area contributed by atoms with Gasteiger partial charge in [-0.1, -0.05) is 38.1 Å². The van der Waals surface area contributed by atoms with E-state index in [9.17, 15) is 0 Å². The zero-order valence-electron chi connectivity index (χ0n) is 11.9. The highest BCUT2D eigenvalue weighted by atomic mass is 15.2. The van der Waals surface area contributed by atoms with Gasteiger partial charge >= 0.3 is 0 Å². The Morgan fingerprint density at radius 1 is 1.28 bits per heavy atom. The number of hydrogen-bond acceptors (Lipinski definition) is 2. The summed E-state index contributed by atoms with van der Waals surface area (Å²) in [5.41, 5.74) is 3.00. The summed E-state index contributed by atoms with van der Waals surface area (Å²) in [6, 6.07) is 10.1. The average molecular weight is 246 g/mol. The second-order valence-electron chi connectivity index (χ2n) is 5.40. The van der Waals surface area contributed by atoms with Gasteiger partial charge in [0.25, 0.3) is 0 Å². The third-order valence-corrected chi connectivity index (χ3v) is 4.24. The smallest absolute Gasteiger partial charge is 0.0238 e. The molecule has 1 aliphatic rings. The molecule has 1 aromatic rings. The molecular weight excluding hydrogens is 220 g/mol. The Kier molecular flexibility index (Phi) is 4.79. The lowest BCUT2D eigenvalue weighted by Gasteiger charge is -2.34. The Balaban J connectivity index is 1.96. The number of nitrogens with one attached hydrogen (secondary N) is 1. The van der Waals surface area contributed by atoms with Crippen molar-refractivity contribution in [1.82, 2.24) is 10.2 Å². The van der Waals surface area contributed by atoms with E-state index in [1.807, 2.05) is 0 Å². The molecule has 0 radical (unpaired) electrons. The normalized spacial score (nSPS) is 20.8. The third-order valence-electron chi connectivity index (χ3n) is 4.24. The molecule has 2 rings (SSSR count). The van der Waals surface area contributed by atoms with Crippen LogP contribution < -0.4 is 5.32 Å². The van der Waals surface area contributed by atoms with Crippen LogP contribution >= 0.6 is 0 Å². The van der Waals surface area contributed by atoms with Crippen molar-refractivity contribution in [2.75, 3.05) is 13.1 Å². The molecule has 0 aromatic heterocycles. The van der Waals surface area contributed by atoms with Gasteiger partial charge in [-0.3, -0.25) is 4.90 Å². The number of rotatable bonds is 5. The van der Waals surface area contributed by atoms with Crippen LogP contribution in [-0.4, -0.2) is 30.1 Å². The van der Waals surface area contributed by atoms with E-state index < -0.39 is 0 Å². The Morgan fingerprint density at radius 2 is 2.00 bits per heavy atom. The molecule has 0 amide bonds. The highest BCUT2D eigenvalue weighted by molar-refractivity contribution is 5.29. The Hall–Kier alpha value is -0.860. The van der Waals surface area contributed by atoms with E-state index in [4.69, 9.17) is 0 Å². The van der Waals surface area contributed by atoms with Crippen molar-refractivity contribution < 1.29 is 0 Å². The number of fused-ring (bicyclic) bond motifs is 1. The van der Waals surface area contributed by atoms with Crippen LogP contribution in [0, 0.1) is 0 Å². The van der Waals surface area contributed by atoms with Crippen LogP contribution in [0.3, 0.4) is 0 Å². The van der Waals surface area contributed by atoms with Crippen LogP contribution in [0.5, 0.6) is 0 Å². The number of nitrogens with zero attached hydrogens (tertiary/aromatic N) is 1. The van der Waals surface area contributed by atoms with E-state index in [-0.39, 0.29) is 0 Å². The fourth-order valence-corrected chi connectivity index (χ4v) is 2.81. The average Bonchev–Trinajstić information content (AvgIpc) is 2.43. The van der Waals surface area contributed by atoms with Gasteiger partial charge in [-0.05, 0) is 37.4 Å². The maximum Gasteiger partial charge on any atom is 0.0238 e. The van der Waals surface area contributed by atoms with Crippen molar-refractivity contribution in [1.29, 1.82) is 0 Å². The van der Waals surface area contributed by atoms with Gasteiger partial charge in [0.2, 0.25) is 0 Å². The van der Waals surface area contributed by atoms with Crippen LogP contribution in [0.1, 0.15) is 38.3 Å². The molecule has 18 heavy (non-hydrogen) atoms. The van der Waals surface area contributed by atoms with Crippen molar-refractivity contribution in [2.45, 2.75) is 52.2 Å². The molecule has 0 spiro atoms. The van der Waals surface area contributed by atoms with Gasteiger partial charge in [0.1, 0.15) is 0 Å². The largest absolute Gasteiger partial charge is 0.308 e. The van der Waals surface area contributed by atoms with Gasteiger partial charge < -0.3 is 5.32 Å². The summed E-state index contributed by atoms with van der Waals surface area (Å²) in [6.45, 7) is 10.2. The van der Waals surface area contributed by atoms with Gasteiger partial charge in [0, 0.05) is 25.2 Å². The molecule has 2 unspecified atom stereocenters. The zero-order valence-corrected chi connectivity index (χ0v) is 11.9. The van der Waals surface area contributed by atoms with Crippen LogP contribution in [0.2, 0.25) is 0 Å². The standard InChI is InChI=1S/C16H26N2/c1-4-13(3)18(5-2)12-16-10-14-8-6-7-9-15(14)11-17-16/h6-9,13,16-17H,4-5,10-12H2,1-3H3. The molecule has 0 bridgehead atoms. The minimum atomic E-state index is 0.605. The molecule has 1 aromatic carbocycles. The predicted octanol–water partition coefficient (Wildman–Crippen LogP) is 2.82. The van der Waals surface area contributed by atoms with Crippen LogP contribution in [-0.2, 0) is 13.0 Å². The molecule has 1 heterocycles. The lowest BCUT2D eigenvalue weighted by atomic mass is 9.95. The molecule has 0 saturated carbocycles. The monoisotopic (exact) mass is 246 g/mol. The molecule has 0 aliphatic carbocycles. The molecule has 2 atom stereocenters. The second-order valence-corrected chi connectivity index (χ2v) is 5.40. The third kappa shape index (κ3) is 3.12. The fraction of sp³-hybridized carbons (Fsp3) is 0.625. The fourth-order valence-electron chi connectivity index (χ4n) is 2.81. The van der Waals surface area contributed by atoms with Gasteiger partial charge in [0.05, 0.1) is 0 Å². The van der Waals surface area contributed by atoms with E-state index in [2.05, 4.69) is 55.3 Å². The van der Waals surface area contributed by atoms with E-state index in [0.717, 1.165) is 13.1 Å². The summed E-state index contributed by atoms with van der Waals surface area (Å²) in [4.78, 5) is 2.59. The number of likely N-dealkylation sites (N-methyl/N-ethyl adjacent to an activating group) is 1. The number of benzene rings is 1. The summed E-state index contributed by atoms with van der Waals surface area (Å²) in [5, 5.41) is 3.68. The van der Waals surface area contributed by atoms with Gasteiger partial charge in [-0.25, -0.2) is 0 Å². The first-order valence-electron chi connectivity index (χ1n) is 7.28. The first kappa shape index (κ1) is 13.6. The van der Waals surface area contributed by atoms with Crippen molar-refractivity contribution in [3.05, 3.63) is 35.4 Å². The number of hydrogen-bond donors (Lipinski definition) is 1. The SMILES string of the molecule is CCC(C)N(CC)CC1Cc2ccccc2CN1. The predicted molar refractivity (Wildman–Crippen MR) is 77.8 cm³/mol. The van der Waals surface area contributed by atoms with Crippen LogP contribution in [0.4, 0.5) is 0 Å². The molecule has 2 nitrogen and oxygen atoms in total. The minimum absolute atomic E-state index is 0.605. The highest BCUT2D eigenvalue weighted by Gasteiger charge is 2.21. The zero-order chi connectivity index (χ0) is 13.0. The molecular formula is C16H26N2. The summed E-state index contributed by atoms with van der Waals surface area (Å²) in [7, 11) is 0. The summed E-state index contributed by atoms with van der Waals surface area (Å²) < 4.78 is 0. The van der Waals surface area contributed by atoms with Crippen molar-refractivity contribution in [2.24, 2.45) is 0 Å². The maximum atomic E-state index is 3.68. The van der Waals surface area contributed by atoms with E-state index in [0.29, 0.717) is 12.1 Å².